The molecule has 3 rings (SSSR count). The van der Waals surface area contributed by atoms with E-state index in [0.29, 0.717) is 17.1 Å². The van der Waals surface area contributed by atoms with Gasteiger partial charge >= 0.3 is 0 Å². The predicted molar refractivity (Wildman–Crippen MR) is 138 cm³/mol. The minimum Gasteiger partial charge on any atom is -0.497 e. The summed E-state index contributed by atoms with van der Waals surface area (Å²) in [6.07, 6.45) is 0. The lowest BCUT2D eigenvalue weighted by Gasteiger charge is -2.24. The van der Waals surface area contributed by atoms with Gasteiger partial charge in [-0.25, -0.2) is 13.8 Å². The summed E-state index contributed by atoms with van der Waals surface area (Å²) in [4.78, 5) is 12.8. The molecule has 0 aliphatic carbocycles. The van der Waals surface area contributed by atoms with E-state index in [-0.39, 0.29) is 4.90 Å². The van der Waals surface area contributed by atoms with Crippen LogP contribution in [0.5, 0.6) is 5.75 Å². The second kappa shape index (κ2) is 10.8. The first-order chi connectivity index (χ1) is 15.7. The Kier molecular flexibility index (Phi) is 8.09. The summed E-state index contributed by atoms with van der Waals surface area (Å²) in [7, 11) is -2.51. The molecule has 1 N–H and O–H groups in total. The Hall–Kier alpha value is -2.92. The van der Waals surface area contributed by atoms with Crippen LogP contribution in [0.4, 0.5) is 5.69 Å². The molecular formula is C24H24IN3O4S. The third kappa shape index (κ3) is 6.32. The molecule has 33 heavy (non-hydrogen) atoms. The molecule has 0 aliphatic rings. The van der Waals surface area contributed by atoms with Gasteiger partial charge in [0.1, 0.15) is 12.3 Å². The quantitative estimate of drug-likeness (QED) is 0.245. The zero-order valence-corrected chi connectivity index (χ0v) is 21.4. The summed E-state index contributed by atoms with van der Waals surface area (Å²) in [6.45, 7) is 3.25. The molecule has 0 atom stereocenters. The monoisotopic (exact) mass is 577 g/mol. The predicted octanol–water partition coefficient (Wildman–Crippen LogP) is 4.34. The Balaban J connectivity index is 1.86. The van der Waals surface area contributed by atoms with Crippen molar-refractivity contribution in [3.63, 3.8) is 0 Å². The van der Waals surface area contributed by atoms with Crippen molar-refractivity contribution in [1.82, 2.24) is 5.43 Å². The highest BCUT2D eigenvalue weighted by atomic mass is 127. The first-order valence-corrected chi connectivity index (χ1v) is 12.5. The SMILES string of the molecule is COc1ccc(S(=O)(=O)N(CC(=O)N/N=C(/C)c2ccc(I)cc2)c2ccc(C)cc2)cc1. The number of carbonyl (C=O) groups excluding carboxylic acids is 1. The van der Waals surface area contributed by atoms with Gasteiger partial charge in [0.15, 0.2) is 0 Å². The number of methoxy groups -OCH3 is 1. The molecule has 9 heteroatoms. The van der Waals surface area contributed by atoms with Gasteiger partial charge in [-0.1, -0.05) is 29.8 Å². The number of hydrazone groups is 1. The molecule has 172 valence electrons. The molecule has 0 heterocycles. The lowest BCUT2D eigenvalue weighted by Crippen LogP contribution is -2.39. The van der Waals surface area contributed by atoms with Crippen molar-refractivity contribution in [2.45, 2.75) is 18.7 Å². The number of rotatable bonds is 8. The second-order valence-electron chi connectivity index (χ2n) is 7.26. The van der Waals surface area contributed by atoms with E-state index in [1.807, 2.05) is 31.2 Å². The van der Waals surface area contributed by atoms with Gasteiger partial charge in [0.2, 0.25) is 0 Å². The van der Waals surface area contributed by atoms with E-state index >= 15 is 0 Å². The highest BCUT2D eigenvalue weighted by molar-refractivity contribution is 14.1. The fraction of sp³-hybridized carbons (Fsp3) is 0.167. The highest BCUT2D eigenvalue weighted by Crippen LogP contribution is 2.25. The fourth-order valence-corrected chi connectivity index (χ4v) is 4.75. The van der Waals surface area contributed by atoms with Crippen molar-refractivity contribution in [3.05, 3.63) is 87.5 Å². The summed E-state index contributed by atoms with van der Waals surface area (Å²) in [5.74, 6) is -0.0217. The van der Waals surface area contributed by atoms with Gasteiger partial charge in [0.05, 0.1) is 23.4 Å². The van der Waals surface area contributed by atoms with Crippen LogP contribution in [0.25, 0.3) is 0 Å². The minimum atomic E-state index is -4.01. The molecule has 0 aliphatic heterocycles. The first kappa shape index (κ1) is 24.7. The van der Waals surface area contributed by atoms with Crippen molar-refractivity contribution in [3.8, 4) is 5.75 Å². The van der Waals surface area contributed by atoms with Crippen molar-refractivity contribution >= 4 is 49.9 Å². The van der Waals surface area contributed by atoms with Crippen LogP contribution in [-0.2, 0) is 14.8 Å². The number of halogens is 1. The lowest BCUT2D eigenvalue weighted by atomic mass is 10.1. The number of ether oxygens (including phenoxy) is 1. The van der Waals surface area contributed by atoms with Gasteiger partial charge < -0.3 is 4.74 Å². The molecule has 0 radical (unpaired) electrons. The number of aryl methyl sites for hydroxylation is 1. The molecule has 1 amide bonds. The summed E-state index contributed by atoms with van der Waals surface area (Å²) in [6, 6.07) is 20.6. The van der Waals surface area contributed by atoms with Gasteiger partial charge in [-0.05, 0) is 90.5 Å². The average Bonchev–Trinajstić information content (AvgIpc) is 2.82. The third-order valence-electron chi connectivity index (χ3n) is 4.87. The maximum atomic E-state index is 13.4. The maximum absolute atomic E-state index is 13.4. The molecule has 0 bridgehead atoms. The molecule has 0 unspecified atom stereocenters. The van der Waals surface area contributed by atoms with E-state index in [1.165, 1.54) is 19.2 Å². The van der Waals surface area contributed by atoms with E-state index in [9.17, 15) is 13.2 Å². The lowest BCUT2D eigenvalue weighted by molar-refractivity contribution is -0.119. The van der Waals surface area contributed by atoms with Gasteiger partial charge in [-0.15, -0.1) is 0 Å². The molecule has 3 aromatic carbocycles. The van der Waals surface area contributed by atoms with E-state index in [1.54, 1.807) is 43.3 Å². The van der Waals surface area contributed by atoms with Gasteiger partial charge in [-0.2, -0.15) is 5.10 Å². The van der Waals surface area contributed by atoms with Crippen LogP contribution in [0, 0.1) is 10.5 Å². The van der Waals surface area contributed by atoms with E-state index in [0.717, 1.165) is 19.0 Å². The number of nitrogens with zero attached hydrogens (tertiary/aromatic N) is 2. The van der Waals surface area contributed by atoms with E-state index in [4.69, 9.17) is 4.74 Å². The molecular weight excluding hydrogens is 553 g/mol. The summed E-state index contributed by atoms with van der Waals surface area (Å²) in [5.41, 5.74) is 5.29. The summed E-state index contributed by atoms with van der Waals surface area (Å²) >= 11 is 2.21. The fourth-order valence-electron chi connectivity index (χ4n) is 2.97. The van der Waals surface area contributed by atoms with Crippen LogP contribution in [-0.4, -0.2) is 33.7 Å². The number of hydrogen-bond donors (Lipinski definition) is 1. The molecule has 0 saturated heterocycles. The molecule has 0 fully saturated rings. The zero-order valence-electron chi connectivity index (χ0n) is 18.4. The van der Waals surface area contributed by atoms with Gasteiger partial charge in [0.25, 0.3) is 15.9 Å². The number of hydrogen-bond acceptors (Lipinski definition) is 5. The smallest absolute Gasteiger partial charge is 0.264 e. The van der Waals surface area contributed by atoms with Crippen LogP contribution in [0.3, 0.4) is 0 Å². The largest absolute Gasteiger partial charge is 0.497 e. The average molecular weight is 577 g/mol. The highest BCUT2D eigenvalue weighted by Gasteiger charge is 2.27. The van der Waals surface area contributed by atoms with Crippen LogP contribution in [0.2, 0.25) is 0 Å². The summed E-state index contributed by atoms with van der Waals surface area (Å²) in [5, 5.41) is 4.14. The topological polar surface area (TPSA) is 88.1 Å². The molecule has 3 aromatic rings. The molecule has 0 aromatic heterocycles. The van der Waals surface area contributed by atoms with Crippen molar-refractivity contribution in [1.29, 1.82) is 0 Å². The van der Waals surface area contributed by atoms with Gasteiger partial charge in [0, 0.05) is 3.57 Å². The Morgan fingerprint density at radius 2 is 1.61 bits per heavy atom. The van der Waals surface area contributed by atoms with Crippen LogP contribution < -0.4 is 14.5 Å². The standard InChI is InChI=1S/C24H24IN3O4S/c1-17-4-10-21(11-5-17)28(33(30,31)23-14-12-22(32-3)13-15-23)16-24(29)27-26-18(2)19-6-8-20(25)9-7-19/h4-15H,16H2,1-3H3,(H,27,29)/b26-18-. The first-order valence-electron chi connectivity index (χ1n) is 10.0. The summed E-state index contributed by atoms with van der Waals surface area (Å²) < 4.78 is 34.1. The van der Waals surface area contributed by atoms with E-state index in [2.05, 4.69) is 33.1 Å². The Labute approximate surface area is 207 Å². The number of nitrogens with one attached hydrogen (secondary N) is 1. The van der Waals surface area contributed by atoms with Crippen LogP contribution >= 0.6 is 22.6 Å². The number of sulfonamides is 1. The zero-order chi connectivity index (χ0) is 24.0. The molecule has 0 saturated carbocycles. The van der Waals surface area contributed by atoms with Gasteiger partial charge in [-0.3, -0.25) is 9.10 Å². The Morgan fingerprint density at radius 1 is 1.00 bits per heavy atom. The number of benzene rings is 3. The van der Waals surface area contributed by atoms with Crippen LogP contribution in [0.1, 0.15) is 18.1 Å². The Bertz CT molecular complexity index is 1240. The number of anilines is 1. The Morgan fingerprint density at radius 3 is 2.18 bits per heavy atom. The molecule has 7 nitrogen and oxygen atoms in total. The normalized spacial score (nSPS) is 11.7. The van der Waals surface area contributed by atoms with Crippen molar-refractivity contribution < 1.29 is 17.9 Å². The molecule has 0 spiro atoms. The number of amides is 1. The maximum Gasteiger partial charge on any atom is 0.264 e. The minimum absolute atomic E-state index is 0.0512. The van der Waals surface area contributed by atoms with Crippen LogP contribution in [0.15, 0.2) is 82.8 Å². The van der Waals surface area contributed by atoms with E-state index < -0.39 is 22.5 Å². The van der Waals surface area contributed by atoms with Crippen molar-refractivity contribution in [2.75, 3.05) is 18.0 Å². The third-order valence-corrected chi connectivity index (χ3v) is 7.37. The number of carbonyl (C=O) groups is 1. The second-order valence-corrected chi connectivity index (χ2v) is 10.4. The van der Waals surface area contributed by atoms with Crippen molar-refractivity contribution in [2.24, 2.45) is 5.10 Å².